The molecule has 2 rings (SSSR count). The molecule has 110 valence electrons. The number of amides is 1. The molecule has 6 nitrogen and oxygen atoms in total. The van der Waals surface area contributed by atoms with Gasteiger partial charge in [-0.2, -0.15) is 0 Å². The second kappa shape index (κ2) is 5.32. The molecule has 0 saturated carbocycles. The summed E-state index contributed by atoms with van der Waals surface area (Å²) >= 11 is 0. The molecule has 0 bridgehead atoms. The van der Waals surface area contributed by atoms with Gasteiger partial charge in [0.15, 0.2) is 9.84 Å². The molecule has 20 heavy (non-hydrogen) atoms. The minimum Gasteiger partial charge on any atom is -0.397 e. The van der Waals surface area contributed by atoms with Crippen molar-refractivity contribution in [1.29, 1.82) is 0 Å². The summed E-state index contributed by atoms with van der Waals surface area (Å²) < 4.78 is 22.9. The van der Waals surface area contributed by atoms with Gasteiger partial charge in [0.1, 0.15) is 0 Å². The van der Waals surface area contributed by atoms with E-state index in [2.05, 4.69) is 5.32 Å². The number of carbonyl (C=O) groups excluding carboxylic acids is 1. The number of anilines is 2. The van der Waals surface area contributed by atoms with Crippen molar-refractivity contribution in [2.24, 2.45) is 0 Å². The van der Waals surface area contributed by atoms with Crippen molar-refractivity contribution in [2.75, 3.05) is 30.9 Å². The van der Waals surface area contributed by atoms with E-state index in [1.807, 2.05) is 0 Å². The minimum atomic E-state index is -3.25. The van der Waals surface area contributed by atoms with Crippen LogP contribution in [0.15, 0.2) is 23.1 Å². The normalized spacial score (nSPS) is 20.0. The number of nitrogens with two attached hydrogens (primary N) is 1. The fraction of sp³-hybridized carbons (Fsp3) is 0.462. The van der Waals surface area contributed by atoms with Crippen LogP contribution in [0, 0.1) is 0 Å². The number of likely N-dealkylation sites (tertiary alicyclic amines) is 1. The zero-order valence-electron chi connectivity index (χ0n) is 11.6. The van der Waals surface area contributed by atoms with Crippen LogP contribution >= 0.6 is 0 Å². The van der Waals surface area contributed by atoms with Crippen molar-refractivity contribution < 1.29 is 13.2 Å². The summed E-state index contributed by atoms with van der Waals surface area (Å²) in [6.07, 6.45) is 2.41. The van der Waals surface area contributed by atoms with Crippen LogP contribution < -0.4 is 11.1 Å². The van der Waals surface area contributed by atoms with Crippen LogP contribution in [-0.4, -0.2) is 45.1 Å². The van der Waals surface area contributed by atoms with Gasteiger partial charge >= 0.3 is 0 Å². The maximum absolute atomic E-state index is 11.4. The third-order valence-corrected chi connectivity index (χ3v) is 4.55. The number of hydrogen-bond acceptors (Lipinski definition) is 5. The van der Waals surface area contributed by atoms with E-state index in [9.17, 15) is 13.2 Å². The highest BCUT2D eigenvalue weighted by Crippen LogP contribution is 2.25. The number of nitrogens with one attached hydrogen (secondary N) is 1. The molecule has 1 heterocycles. The van der Waals surface area contributed by atoms with Crippen LogP contribution in [0.2, 0.25) is 0 Å². The van der Waals surface area contributed by atoms with E-state index in [0.29, 0.717) is 24.3 Å². The molecule has 0 radical (unpaired) electrons. The summed E-state index contributed by atoms with van der Waals surface area (Å²) in [5.41, 5.74) is 6.98. The molecule has 0 spiro atoms. The molecule has 1 atom stereocenters. The molecule has 1 aromatic carbocycles. The summed E-state index contributed by atoms with van der Waals surface area (Å²) in [5.74, 6) is 0.142. The summed E-state index contributed by atoms with van der Waals surface area (Å²) in [6, 6.07) is 4.78. The number of rotatable bonds is 3. The Kier molecular flexibility index (Phi) is 3.89. The molecule has 1 saturated heterocycles. The number of piperidine rings is 1. The molecular weight excluding hydrogens is 278 g/mol. The Morgan fingerprint density at radius 2 is 2.10 bits per heavy atom. The third-order valence-electron chi connectivity index (χ3n) is 3.44. The van der Waals surface area contributed by atoms with Gasteiger partial charge in [0.25, 0.3) is 0 Å². The molecule has 1 unspecified atom stereocenters. The molecule has 1 amide bonds. The van der Waals surface area contributed by atoms with E-state index < -0.39 is 9.84 Å². The van der Waals surface area contributed by atoms with E-state index in [1.54, 1.807) is 18.0 Å². The Labute approximate surface area is 118 Å². The van der Waals surface area contributed by atoms with E-state index in [0.717, 1.165) is 12.7 Å². The van der Waals surface area contributed by atoms with Gasteiger partial charge in [-0.05, 0) is 24.6 Å². The van der Waals surface area contributed by atoms with E-state index in [-0.39, 0.29) is 16.8 Å². The van der Waals surface area contributed by atoms with Crippen molar-refractivity contribution in [3.8, 4) is 0 Å². The lowest BCUT2D eigenvalue weighted by Crippen LogP contribution is -2.43. The topological polar surface area (TPSA) is 92.5 Å². The summed E-state index contributed by atoms with van der Waals surface area (Å²) in [5, 5.41) is 3.27. The molecule has 7 heteroatoms. The van der Waals surface area contributed by atoms with Gasteiger partial charge in [-0.1, -0.05) is 0 Å². The van der Waals surface area contributed by atoms with Crippen molar-refractivity contribution in [3.05, 3.63) is 18.2 Å². The molecule has 1 aliphatic rings. The van der Waals surface area contributed by atoms with Crippen LogP contribution in [0.3, 0.4) is 0 Å². The first kappa shape index (κ1) is 14.6. The zero-order chi connectivity index (χ0) is 14.9. The molecule has 1 aliphatic heterocycles. The average molecular weight is 297 g/mol. The first-order valence-corrected chi connectivity index (χ1v) is 8.26. The SMILES string of the molecule is CN1CC(Nc2ccc(S(C)(=O)=O)cc2N)CCC1=O. The maximum Gasteiger partial charge on any atom is 0.222 e. The van der Waals surface area contributed by atoms with Gasteiger partial charge in [-0.3, -0.25) is 4.79 Å². The molecular formula is C13H19N3O3S. The Bertz CT molecular complexity index is 628. The highest BCUT2D eigenvalue weighted by atomic mass is 32.2. The molecule has 3 N–H and O–H groups in total. The number of sulfone groups is 1. The van der Waals surface area contributed by atoms with Crippen molar-refractivity contribution in [1.82, 2.24) is 4.90 Å². The average Bonchev–Trinajstić information content (AvgIpc) is 2.35. The van der Waals surface area contributed by atoms with Gasteiger partial charge in [0.2, 0.25) is 5.91 Å². The van der Waals surface area contributed by atoms with Crippen molar-refractivity contribution in [3.63, 3.8) is 0 Å². The lowest BCUT2D eigenvalue weighted by atomic mass is 10.1. The number of nitrogen functional groups attached to an aromatic ring is 1. The highest BCUT2D eigenvalue weighted by molar-refractivity contribution is 7.90. The van der Waals surface area contributed by atoms with E-state index >= 15 is 0 Å². The van der Waals surface area contributed by atoms with Crippen LogP contribution in [-0.2, 0) is 14.6 Å². The standard InChI is InChI=1S/C13H19N3O3S/c1-16-8-9(3-6-13(16)17)15-12-5-4-10(7-11(12)14)20(2,18)19/h4-5,7,9,15H,3,6,8,14H2,1-2H3. The number of nitrogens with zero attached hydrogens (tertiary/aromatic N) is 1. The monoisotopic (exact) mass is 297 g/mol. The zero-order valence-corrected chi connectivity index (χ0v) is 12.4. The van der Waals surface area contributed by atoms with Gasteiger partial charge in [-0.25, -0.2) is 8.42 Å². The second-order valence-electron chi connectivity index (χ2n) is 5.18. The van der Waals surface area contributed by atoms with Crippen LogP contribution in [0.25, 0.3) is 0 Å². The fourth-order valence-electron chi connectivity index (χ4n) is 2.25. The number of hydrogen-bond donors (Lipinski definition) is 2. The third kappa shape index (κ3) is 3.22. The summed E-state index contributed by atoms with van der Waals surface area (Å²) in [7, 11) is -1.48. The number of likely N-dealkylation sites (N-methyl/N-ethyl adjacent to an activating group) is 1. The molecule has 0 aromatic heterocycles. The number of carbonyl (C=O) groups is 1. The summed E-state index contributed by atoms with van der Waals surface area (Å²) in [4.78, 5) is 13.3. The Balaban J connectivity index is 2.13. The quantitative estimate of drug-likeness (QED) is 0.801. The van der Waals surface area contributed by atoms with Crippen LogP contribution in [0.4, 0.5) is 11.4 Å². The maximum atomic E-state index is 11.4. The van der Waals surface area contributed by atoms with Crippen LogP contribution in [0.1, 0.15) is 12.8 Å². The van der Waals surface area contributed by atoms with Gasteiger partial charge < -0.3 is 16.0 Å². The van der Waals surface area contributed by atoms with Gasteiger partial charge in [0, 0.05) is 32.3 Å². The van der Waals surface area contributed by atoms with E-state index in [1.165, 1.54) is 12.1 Å². The first-order valence-electron chi connectivity index (χ1n) is 6.37. The molecule has 0 aliphatic carbocycles. The van der Waals surface area contributed by atoms with Crippen LogP contribution in [0.5, 0.6) is 0 Å². The molecule has 1 fully saturated rings. The highest BCUT2D eigenvalue weighted by Gasteiger charge is 2.23. The van der Waals surface area contributed by atoms with Crippen molar-refractivity contribution >= 4 is 27.1 Å². The van der Waals surface area contributed by atoms with E-state index in [4.69, 9.17) is 5.73 Å². The van der Waals surface area contributed by atoms with Crippen molar-refractivity contribution in [2.45, 2.75) is 23.8 Å². The lowest BCUT2D eigenvalue weighted by molar-refractivity contribution is -0.132. The largest absolute Gasteiger partial charge is 0.397 e. The predicted molar refractivity (Wildman–Crippen MR) is 78.2 cm³/mol. The first-order chi connectivity index (χ1) is 9.27. The number of benzene rings is 1. The van der Waals surface area contributed by atoms with Gasteiger partial charge in [-0.15, -0.1) is 0 Å². The molecule has 1 aromatic rings. The minimum absolute atomic E-state index is 0.129. The summed E-state index contributed by atoms with van der Waals surface area (Å²) in [6.45, 7) is 0.617. The Morgan fingerprint density at radius 1 is 1.40 bits per heavy atom. The smallest absolute Gasteiger partial charge is 0.222 e. The fourth-order valence-corrected chi connectivity index (χ4v) is 2.91. The second-order valence-corrected chi connectivity index (χ2v) is 7.19. The Morgan fingerprint density at radius 3 is 2.65 bits per heavy atom. The Hall–Kier alpha value is -1.76. The van der Waals surface area contributed by atoms with Gasteiger partial charge in [0.05, 0.1) is 16.3 Å². The lowest BCUT2D eigenvalue weighted by Gasteiger charge is -2.31. The predicted octanol–water partition coefficient (Wildman–Crippen LogP) is 0.705.